The Bertz CT molecular complexity index is 1080. The van der Waals surface area contributed by atoms with Crippen molar-refractivity contribution >= 4 is 27.3 Å². The number of carbonyl (C=O) groups excluding carboxylic acids is 1. The Balaban J connectivity index is 2.02. The molecule has 1 aromatic heterocycles. The molecule has 4 heteroatoms. The number of amides is 1. The molecule has 0 unspecified atom stereocenters. The van der Waals surface area contributed by atoms with Gasteiger partial charge in [-0.25, -0.2) is 0 Å². The quantitative estimate of drug-likeness (QED) is 0.534. The summed E-state index contributed by atoms with van der Waals surface area (Å²) in [6.07, 6.45) is 0. The lowest BCUT2D eigenvalue weighted by Crippen LogP contribution is -2.10. The van der Waals surface area contributed by atoms with Gasteiger partial charge in [0, 0.05) is 26.1 Å². The van der Waals surface area contributed by atoms with E-state index in [2.05, 4.69) is 12.1 Å². The lowest BCUT2D eigenvalue weighted by molar-refractivity contribution is 0.100. The van der Waals surface area contributed by atoms with Crippen LogP contribution < -0.4 is 10.5 Å². The van der Waals surface area contributed by atoms with E-state index < -0.39 is 5.91 Å². The molecular weight excluding hydrogens is 342 g/mol. The molecule has 0 bridgehead atoms. The van der Waals surface area contributed by atoms with Gasteiger partial charge in [-0.3, -0.25) is 4.79 Å². The molecule has 0 spiro atoms. The third-order valence-corrected chi connectivity index (χ3v) is 5.61. The van der Waals surface area contributed by atoms with Crippen molar-refractivity contribution in [3.8, 4) is 27.3 Å². The summed E-state index contributed by atoms with van der Waals surface area (Å²) in [6.45, 7) is 0. The summed E-state index contributed by atoms with van der Waals surface area (Å²) in [7, 11) is 1.66. The molecule has 4 aromatic rings. The van der Waals surface area contributed by atoms with Crippen molar-refractivity contribution in [1.82, 2.24) is 0 Å². The van der Waals surface area contributed by atoms with E-state index in [1.54, 1.807) is 24.5 Å². The molecule has 2 N–H and O–H groups in total. The van der Waals surface area contributed by atoms with E-state index >= 15 is 0 Å². The van der Waals surface area contributed by atoms with E-state index in [0.29, 0.717) is 5.56 Å². The number of thiophene rings is 1. The van der Waals surface area contributed by atoms with Crippen LogP contribution in [0.25, 0.3) is 31.7 Å². The summed E-state index contributed by atoms with van der Waals surface area (Å²) in [5.41, 5.74) is 9.36. The summed E-state index contributed by atoms with van der Waals surface area (Å²) in [4.78, 5) is 12.8. The van der Waals surface area contributed by atoms with Gasteiger partial charge in [0.1, 0.15) is 5.75 Å². The molecule has 0 fully saturated rings. The van der Waals surface area contributed by atoms with Gasteiger partial charge < -0.3 is 10.5 Å². The SMILES string of the molecule is COc1ccc(-c2c(-c3ccccc3)sc3ccc(C(N)=O)cc23)cc1. The van der Waals surface area contributed by atoms with Crippen LogP contribution >= 0.6 is 11.3 Å². The smallest absolute Gasteiger partial charge is 0.248 e. The van der Waals surface area contributed by atoms with E-state index in [9.17, 15) is 4.79 Å². The van der Waals surface area contributed by atoms with Gasteiger partial charge in [-0.05, 0) is 41.5 Å². The zero-order valence-electron chi connectivity index (χ0n) is 14.2. The van der Waals surface area contributed by atoms with Gasteiger partial charge in [0.2, 0.25) is 5.91 Å². The van der Waals surface area contributed by atoms with Gasteiger partial charge in [0.05, 0.1) is 7.11 Å². The van der Waals surface area contributed by atoms with Crippen LogP contribution in [0.2, 0.25) is 0 Å². The van der Waals surface area contributed by atoms with E-state index in [0.717, 1.165) is 32.5 Å². The first-order chi connectivity index (χ1) is 12.7. The van der Waals surface area contributed by atoms with Crippen LogP contribution in [0, 0.1) is 0 Å². The van der Waals surface area contributed by atoms with Crippen molar-refractivity contribution in [3.05, 3.63) is 78.4 Å². The van der Waals surface area contributed by atoms with E-state index in [-0.39, 0.29) is 0 Å². The number of rotatable bonds is 4. The minimum atomic E-state index is -0.417. The number of carbonyl (C=O) groups is 1. The maximum Gasteiger partial charge on any atom is 0.248 e. The number of ether oxygens (including phenoxy) is 1. The highest BCUT2D eigenvalue weighted by atomic mass is 32.1. The average molecular weight is 359 g/mol. The Morgan fingerprint density at radius 2 is 1.65 bits per heavy atom. The molecule has 1 amide bonds. The monoisotopic (exact) mass is 359 g/mol. The Morgan fingerprint density at radius 3 is 2.31 bits per heavy atom. The number of hydrogen-bond acceptors (Lipinski definition) is 3. The number of hydrogen-bond donors (Lipinski definition) is 1. The minimum absolute atomic E-state index is 0.417. The second kappa shape index (κ2) is 6.65. The highest BCUT2D eigenvalue weighted by Gasteiger charge is 2.17. The normalized spacial score (nSPS) is 10.8. The van der Waals surface area contributed by atoms with Crippen molar-refractivity contribution in [3.63, 3.8) is 0 Å². The van der Waals surface area contributed by atoms with Crippen LogP contribution in [0.3, 0.4) is 0 Å². The first-order valence-corrected chi connectivity index (χ1v) is 9.05. The Morgan fingerprint density at radius 1 is 0.923 bits per heavy atom. The van der Waals surface area contributed by atoms with Crippen molar-refractivity contribution in [2.75, 3.05) is 7.11 Å². The van der Waals surface area contributed by atoms with Gasteiger partial charge in [-0.15, -0.1) is 11.3 Å². The Labute approximate surface area is 155 Å². The third kappa shape index (κ3) is 2.85. The molecule has 4 rings (SSSR count). The lowest BCUT2D eigenvalue weighted by atomic mass is 9.97. The minimum Gasteiger partial charge on any atom is -0.497 e. The molecule has 1 heterocycles. The van der Waals surface area contributed by atoms with Gasteiger partial charge >= 0.3 is 0 Å². The maximum atomic E-state index is 11.7. The van der Waals surface area contributed by atoms with E-state index in [4.69, 9.17) is 10.5 Å². The molecule has 3 nitrogen and oxygen atoms in total. The second-order valence-corrected chi connectivity index (χ2v) is 7.03. The molecule has 128 valence electrons. The molecule has 0 saturated heterocycles. The predicted octanol–water partition coefficient (Wildman–Crippen LogP) is 5.34. The zero-order valence-corrected chi connectivity index (χ0v) is 15.0. The molecule has 26 heavy (non-hydrogen) atoms. The van der Waals surface area contributed by atoms with Crippen LogP contribution in [-0.4, -0.2) is 13.0 Å². The van der Waals surface area contributed by atoms with Crippen molar-refractivity contribution in [2.24, 2.45) is 5.73 Å². The number of fused-ring (bicyclic) bond motifs is 1. The fourth-order valence-corrected chi connectivity index (χ4v) is 4.30. The van der Waals surface area contributed by atoms with E-state index in [1.807, 2.05) is 54.6 Å². The fraction of sp³-hybridized carbons (Fsp3) is 0.0455. The molecule has 0 saturated carbocycles. The van der Waals surface area contributed by atoms with Gasteiger partial charge in [-0.2, -0.15) is 0 Å². The van der Waals surface area contributed by atoms with Gasteiger partial charge in [-0.1, -0.05) is 42.5 Å². The van der Waals surface area contributed by atoms with Crippen molar-refractivity contribution in [1.29, 1.82) is 0 Å². The molecular formula is C22H17NO2S. The van der Waals surface area contributed by atoms with Crippen LogP contribution in [0.5, 0.6) is 5.75 Å². The number of primary amides is 1. The number of benzene rings is 3. The summed E-state index contributed by atoms with van der Waals surface area (Å²) >= 11 is 1.72. The highest BCUT2D eigenvalue weighted by Crippen LogP contribution is 2.45. The van der Waals surface area contributed by atoms with Crippen molar-refractivity contribution < 1.29 is 9.53 Å². The first kappa shape index (κ1) is 16.4. The molecule has 0 atom stereocenters. The molecule has 0 aliphatic heterocycles. The van der Waals surface area contributed by atoms with Crippen LogP contribution in [0.15, 0.2) is 72.8 Å². The van der Waals surface area contributed by atoms with Crippen LogP contribution in [0.4, 0.5) is 0 Å². The molecule has 0 aliphatic carbocycles. The molecule has 0 aliphatic rings. The second-order valence-electron chi connectivity index (χ2n) is 5.98. The third-order valence-electron chi connectivity index (χ3n) is 4.39. The maximum absolute atomic E-state index is 11.7. The average Bonchev–Trinajstić information content (AvgIpc) is 3.07. The van der Waals surface area contributed by atoms with Crippen LogP contribution in [-0.2, 0) is 0 Å². The largest absolute Gasteiger partial charge is 0.497 e. The fourth-order valence-electron chi connectivity index (χ4n) is 3.09. The van der Waals surface area contributed by atoms with E-state index in [1.165, 1.54) is 4.88 Å². The zero-order chi connectivity index (χ0) is 18.1. The molecule has 3 aromatic carbocycles. The topological polar surface area (TPSA) is 52.3 Å². The summed E-state index contributed by atoms with van der Waals surface area (Å²) in [6, 6.07) is 23.9. The highest BCUT2D eigenvalue weighted by molar-refractivity contribution is 7.23. The number of nitrogens with two attached hydrogens (primary N) is 1. The summed E-state index contributed by atoms with van der Waals surface area (Å²) < 4.78 is 6.41. The molecule has 0 radical (unpaired) electrons. The van der Waals surface area contributed by atoms with Crippen LogP contribution in [0.1, 0.15) is 10.4 Å². The van der Waals surface area contributed by atoms with Gasteiger partial charge in [0.25, 0.3) is 0 Å². The van der Waals surface area contributed by atoms with Crippen molar-refractivity contribution in [2.45, 2.75) is 0 Å². The number of methoxy groups -OCH3 is 1. The Kier molecular flexibility index (Phi) is 4.19. The standard InChI is InChI=1S/C22H17NO2S/c1-25-17-10-7-14(8-11-17)20-18-13-16(22(23)24)9-12-19(18)26-21(20)15-5-3-2-4-6-15/h2-13H,1H3,(H2,23,24). The summed E-state index contributed by atoms with van der Waals surface area (Å²) in [5, 5.41) is 1.04. The predicted molar refractivity (Wildman–Crippen MR) is 108 cm³/mol. The lowest BCUT2D eigenvalue weighted by Gasteiger charge is -2.07. The first-order valence-electron chi connectivity index (χ1n) is 8.23. The van der Waals surface area contributed by atoms with Gasteiger partial charge in [0.15, 0.2) is 0 Å². The summed E-state index contributed by atoms with van der Waals surface area (Å²) in [5.74, 6) is 0.396. The Hall–Kier alpha value is -3.11.